The summed E-state index contributed by atoms with van der Waals surface area (Å²) < 4.78 is 4.77. The first-order valence-corrected chi connectivity index (χ1v) is 7.41. The summed E-state index contributed by atoms with van der Waals surface area (Å²) in [7, 11) is 1.38. The van der Waals surface area contributed by atoms with Crippen LogP contribution in [-0.2, 0) is 4.74 Å². The first kappa shape index (κ1) is 15.0. The number of hydrogen-bond donors (Lipinski definition) is 1. The van der Waals surface area contributed by atoms with Crippen LogP contribution < -0.4 is 5.32 Å². The number of hydrogen-bond acceptors (Lipinski definition) is 4. The number of fused-ring (bicyclic) bond motifs is 1. The van der Waals surface area contributed by atoms with Crippen LogP contribution in [0.15, 0.2) is 48.5 Å². The molecule has 0 atom stereocenters. The van der Waals surface area contributed by atoms with Crippen molar-refractivity contribution in [3.63, 3.8) is 0 Å². The zero-order valence-electron chi connectivity index (χ0n) is 13.4. The topological polar surface area (TPSA) is 51.2 Å². The van der Waals surface area contributed by atoms with Gasteiger partial charge in [-0.05, 0) is 43.7 Å². The first-order chi connectivity index (χ1) is 11.1. The van der Waals surface area contributed by atoms with E-state index in [4.69, 9.17) is 4.74 Å². The number of aromatic nitrogens is 1. The molecule has 4 heteroatoms. The fourth-order valence-corrected chi connectivity index (χ4v) is 2.62. The van der Waals surface area contributed by atoms with E-state index < -0.39 is 0 Å². The van der Waals surface area contributed by atoms with Crippen LogP contribution in [0, 0.1) is 13.8 Å². The maximum atomic E-state index is 11.7. The highest BCUT2D eigenvalue weighted by molar-refractivity contribution is 5.96. The van der Waals surface area contributed by atoms with Crippen LogP contribution in [0.4, 0.5) is 11.4 Å². The second-order valence-corrected chi connectivity index (χ2v) is 5.48. The van der Waals surface area contributed by atoms with Crippen molar-refractivity contribution in [3.8, 4) is 0 Å². The van der Waals surface area contributed by atoms with Gasteiger partial charge in [-0.3, -0.25) is 4.98 Å². The van der Waals surface area contributed by atoms with E-state index in [1.54, 1.807) is 12.1 Å². The lowest BCUT2D eigenvalue weighted by Crippen LogP contribution is -2.02. The molecule has 0 fully saturated rings. The number of esters is 1. The number of ether oxygens (including phenoxy) is 1. The number of aryl methyl sites for hydroxylation is 2. The Kier molecular flexibility index (Phi) is 3.98. The molecule has 23 heavy (non-hydrogen) atoms. The standard InChI is InChI=1S/C19H18N2O2/c1-12-6-4-9-16-17(10-13(2)20-18(12)16)21-15-8-5-7-14(11-15)19(22)23-3/h4-11H,1-3H3,(H,20,21). The lowest BCUT2D eigenvalue weighted by molar-refractivity contribution is 0.0601. The summed E-state index contributed by atoms with van der Waals surface area (Å²) in [5.74, 6) is -0.347. The van der Waals surface area contributed by atoms with E-state index >= 15 is 0 Å². The highest BCUT2D eigenvalue weighted by atomic mass is 16.5. The normalized spacial score (nSPS) is 10.6. The molecule has 116 valence electrons. The number of pyridine rings is 1. The number of carbonyl (C=O) groups is 1. The van der Waals surface area contributed by atoms with Crippen LogP contribution in [0.2, 0.25) is 0 Å². The highest BCUT2D eigenvalue weighted by Gasteiger charge is 2.09. The van der Waals surface area contributed by atoms with E-state index in [-0.39, 0.29) is 5.97 Å². The summed E-state index contributed by atoms with van der Waals surface area (Å²) in [6.07, 6.45) is 0. The van der Waals surface area contributed by atoms with Crippen molar-refractivity contribution in [2.45, 2.75) is 13.8 Å². The van der Waals surface area contributed by atoms with Crippen molar-refractivity contribution in [2.75, 3.05) is 12.4 Å². The maximum Gasteiger partial charge on any atom is 0.337 e. The van der Waals surface area contributed by atoms with Crippen LogP contribution in [-0.4, -0.2) is 18.1 Å². The molecule has 0 bridgehead atoms. The third-order valence-corrected chi connectivity index (χ3v) is 3.73. The molecule has 0 unspecified atom stereocenters. The first-order valence-electron chi connectivity index (χ1n) is 7.41. The Morgan fingerprint density at radius 2 is 1.87 bits per heavy atom. The van der Waals surface area contributed by atoms with Crippen LogP contribution in [0.3, 0.4) is 0 Å². The summed E-state index contributed by atoms with van der Waals surface area (Å²) in [5, 5.41) is 4.44. The van der Waals surface area contributed by atoms with Gasteiger partial charge in [-0.25, -0.2) is 4.79 Å². The van der Waals surface area contributed by atoms with Gasteiger partial charge in [0.15, 0.2) is 0 Å². The van der Waals surface area contributed by atoms with Crippen molar-refractivity contribution in [2.24, 2.45) is 0 Å². The quantitative estimate of drug-likeness (QED) is 0.729. The van der Waals surface area contributed by atoms with Gasteiger partial charge in [-0.2, -0.15) is 0 Å². The molecule has 0 saturated carbocycles. The van der Waals surface area contributed by atoms with Crippen molar-refractivity contribution in [3.05, 3.63) is 65.4 Å². The van der Waals surface area contributed by atoms with Gasteiger partial charge in [0.05, 0.1) is 18.2 Å². The largest absolute Gasteiger partial charge is 0.465 e. The van der Waals surface area contributed by atoms with Gasteiger partial charge in [0.2, 0.25) is 0 Å². The number of para-hydroxylation sites is 1. The molecular weight excluding hydrogens is 288 g/mol. The minimum atomic E-state index is -0.347. The molecule has 0 aliphatic heterocycles. The van der Waals surface area contributed by atoms with Crippen molar-refractivity contribution in [1.82, 2.24) is 4.98 Å². The Labute approximate surface area is 135 Å². The van der Waals surface area contributed by atoms with E-state index in [1.165, 1.54) is 7.11 Å². The molecule has 0 aliphatic rings. The molecule has 1 heterocycles. The fraction of sp³-hybridized carbons (Fsp3) is 0.158. The predicted octanol–water partition coefficient (Wildman–Crippen LogP) is 4.38. The Bertz CT molecular complexity index is 888. The molecule has 0 aliphatic carbocycles. The Balaban J connectivity index is 2.05. The van der Waals surface area contributed by atoms with E-state index in [2.05, 4.69) is 23.3 Å². The smallest absolute Gasteiger partial charge is 0.337 e. The fourth-order valence-electron chi connectivity index (χ4n) is 2.62. The minimum Gasteiger partial charge on any atom is -0.465 e. The highest BCUT2D eigenvalue weighted by Crippen LogP contribution is 2.28. The van der Waals surface area contributed by atoms with Crippen molar-refractivity contribution in [1.29, 1.82) is 0 Å². The van der Waals surface area contributed by atoms with Gasteiger partial charge >= 0.3 is 5.97 Å². The van der Waals surface area contributed by atoms with E-state index in [0.717, 1.165) is 33.5 Å². The van der Waals surface area contributed by atoms with Gasteiger partial charge in [0.25, 0.3) is 0 Å². The van der Waals surface area contributed by atoms with Gasteiger partial charge in [0.1, 0.15) is 0 Å². The summed E-state index contributed by atoms with van der Waals surface area (Å²) in [6.45, 7) is 4.03. The molecule has 3 rings (SSSR count). The Morgan fingerprint density at radius 3 is 2.65 bits per heavy atom. The average Bonchev–Trinajstić information content (AvgIpc) is 2.55. The zero-order chi connectivity index (χ0) is 16.4. The number of rotatable bonds is 3. The monoisotopic (exact) mass is 306 g/mol. The van der Waals surface area contributed by atoms with Gasteiger partial charge in [-0.1, -0.05) is 24.3 Å². The molecule has 1 N–H and O–H groups in total. The second-order valence-electron chi connectivity index (χ2n) is 5.48. The van der Waals surface area contributed by atoms with Crippen LogP contribution in [0.25, 0.3) is 10.9 Å². The summed E-state index contributed by atoms with van der Waals surface area (Å²) in [6, 6.07) is 15.4. The van der Waals surface area contributed by atoms with Crippen LogP contribution >= 0.6 is 0 Å². The van der Waals surface area contributed by atoms with Crippen molar-refractivity contribution < 1.29 is 9.53 Å². The summed E-state index contributed by atoms with van der Waals surface area (Å²) in [4.78, 5) is 16.3. The predicted molar refractivity (Wildman–Crippen MR) is 92.3 cm³/mol. The van der Waals surface area contributed by atoms with E-state index in [0.29, 0.717) is 5.56 Å². The van der Waals surface area contributed by atoms with Crippen LogP contribution in [0.1, 0.15) is 21.6 Å². The van der Waals surface area contributed by atoms with Gasteiger partial charge in [0, 0.05) is 22.5 Å². The number of benzene rings is 2. The van der Waals surface area contributed by atoms with E-state index in [1.807, 2.05) is 37.3 Å². The molecule has 0 radical (unpaired) electrons. The maximum absolute atomic E-state index is 11.7. The summed E-state index contributed by atoms with van der Waals surface area (Å²) >= 11 is 0. The molecule has 0 spiro atoms. The lowest BCUT2D eigenvalue weighted by Gasteiger charge is -2.12. The third kappa shape index (κ3) is 3.01. The zero-order valence-corrected chi connectivity index (χ0v) is 13.4. The molecular formula is C19H18N2O2. The molecule has 3 aromatic rings. The SMILES string of the molecule is COC(=O)c1cccc(Nc2cc(C)nc3c(C)cccc23)c1. The lowest BCUT2D eigenvalue weighted by atomic mass is 10.1. The molecule has 0 amide bonds. The molecule has 0 saturated heterocycles. The second kappa shape index (κ2) is 6.08. The number of carbonyl (C=O) groups excluding carboxylic acids is 1. The van der Waals surface area contributed by atoms with Crippen LogP contribution in [0.5, 0.6) is 0 Å². The molecule has 1 aromatic heterocycles. The number of methoxy groups -OCH3 is 1. The average molecular weight is 306 g/mol. The Hall–Kier alpha value is -2.88. The minimum absolute atomic E-state index is 0.347. The van der Waals surface area contributed by atoms with Gasteiger partial charge in [-0.15, -0.1) is 0 Å². The number of nitrogens with one attached hydrogen (secondary N) is 1. The Morgan fingerprint density at radius 1 is 1.09 bits per heavy atom. The molecule has 2 aromatic carbocycles. The third-order valence-electron chi connectivity index (χ3n) is 3.73. The number of nitrogens with zero attached hydrogens (tertiary/aromatic N) is 1. The van der Waals surface area contributed by atoms with Crippen molar-refractivity contribution >= 4 is 28.2 Å². The molecule has 4 nitrogen and oxygen atoms in total. The van der Waals surface area contributed by atoms with Gasteiger partial charge < -0.3 is 10.1 Å². The summed E-state index contributed by atoms with van der Waals surface area (Å²) in [5.41, 5.74) is 5.39. The van der Waals surface area contributed by atoms with E-state index in [9.17, 15) is 4.79 Å². The number of anilines is 2.